The van der Waals surface area contributed by atoms with Crippen LogP contribution in [0, 0.1) is 0 Å². The molecule has 3 N–H and O–H groups in total. The molecule has 0 atom stereocenters. The Morgan fingerprint density at radius 3 is 2.41 bits per heavy atom. The molecular weight excluding hydrogens is 214 g/mol. The topological polar surface area (TPSA) is 63.3 Å². The monoisotopic (exact) mass is 227 g/mol. The van der Waals surface area contributed by atoms with Crippen LogP contribution >= 0.6 is 0 Å². The third-order valence-corrected chi connectivity index (χ3v) is 2.59. The molecule has 2 rings (SSSR count). The van der Waals surface area contributed by atoms with Crippen molar-refractivity contribution in [3.8, 4) is 11.1 Å². The number of hydrogen-bond acceptors (Lipinski definition) is 2. The highest BCUT2D eigenvalue weighted by molar-refractivity contribution is 5.83. The number of aliphatic carboxylic acids is 1. The lowest BCUT2D eigenvalue weighted by Crippen LogP contribution is -2.03. The Morgan fingerprint density at radius 2 is 1.76 bits per heavy atom. The standard InChI is InChI=1S/C14H13NO2/c15-12-8-4-7-11(9-13(16)17)14(12)10-5-2-1-3-6-10/h1-8H,9,15H2,(H,16,17). The zero-order chi connectivity index (χ0) is 12.3. The highest BCUT2D eigenvalue weighted by Gasteiger charge is 2.10. The van der Waals surface area contributed by atoms with Crippen molar-refractivity contribution in [1.29, 1.82) is 0 Å². The molecule has 86 valence electrons. The summed E-state index contributed by atoms with van der Waals surface area (Å²) in [6, 6.07) is 15.0. The molecule has 0 radical (unpaired) electrons. The Hall–Kier alpha value is -2.29. The van der Waals surface area contributed by atoms with Crippen LogP contribution in [0.4, 0.5) is 5.69 Å². The molecule has 0 saturated carbocycles. The third kappa shape index (κ3) is 2.45. The van der Waals surface area contributed by atoms with Crippen LogP contribution < -0.4 is 5.73 Å². The van der Waals surface area contributed by atoms with E-state index in [0.29, 0.717) is 5.69 Å². The lowest BCUT2D eigenvalue weighted by Gasteiger charge is -2.11. The molecule has 0 spiro atoms. The second-order valence-corrected chi connectivity index (χ2v) is 3.82. The van der Waals surface area contributed by atoms with Gasteiger partial charge >= 0.3 is 5.97 Å². The van der Waals surface area contributed by atoms with Crippen LogP contribution in [0.2, 0.25) is 0 Å². The van der Waals surface area contributed by atoms with Gasteiger partial charge in [-0.15, -0.1) is 0 Å². The zero-order valence-corrected chi connectivity index (χ0v) is 9.26. The van der Waals surface area contributed by atoms with Gasteiger partial charge < -0.3 is 10.8 Å². The first kappa shape index (κ1) is 11.2. The smallest absolute Gasteiger partial charge is 0.307 e. The van der Waals surface area contributed by atoms with E-state index in [0.717, 1.165) is 16.7 Å². The molecule has 2 aromatic carbocycles. The normalized spacial score (nSPS) is 10.1. The second kappa shape index (κ2) is 4.70. The Kier molecular flexibility index (Phi) is 3.10. The summed E-state index contributed by atoms with van der Waals surface area (Å²) in [6.07, 6.45) is -0.0186. The molecule has 17 heavy (non-hydrogen) atoms. The van der Waals surface area contributed by atoms with E-state index in [9.17, 15) is 4.79 Å². The van der Waals surface area contributed by atoms with E-state index in [1.54, 1.807) is 18.2 Å². The second-order valence-electron chi connectivity index (χ2n) is 3.82. The minimum atomic E-state index is -0.854. The van der Waals surface area contributed by atoms with E-state index in [4.69, 9.17) is 10.8 Å². The van der Waals surface area contributed by atoms with Crippen LogP contribution in [0.5, 0.6) is 0 Å². The quantitative estimate of drug-likeness (QED) is 0.792. The first-order valence-electron chi connectivity index (χ1n) is 5.33. The Bertz CT molecular complexity index is 535. The summed E-state index contributed by atoms with van der Waals surface area (Å²) in [5.41, 5.74) is 9.04. The van der Waals surface area contributed by atoms with Gasteiger partial charge in [-0.2, -0.15) is 0 Å². The van der Waals surface area contributed by atoms with Gasteiger partial charge in [-0.1, -0.05) is 42.5 Å². The number of nitrogen functional groups attached to an aromatic ring is 1. The Labute approximate surface area is 99.5 Å². The summed E-state index contributed by atoms with van der Waals surface area (Å²) in [4.78, 5) is 10.8. The van der Waals surface area contributed by atoms with E-state index < -0.39 is 5.97 Å². The average molecular weight is 227 g/mol. The first-order chi connectivity index (χ1) is 8.18. The molecule has 0 aliphatic heterocycles. The number of rotatable bonds is 3. The molecule has 2 aromatic rings. The van der Waals surface area contributed by atoms with Gasteiger partial charge in [-0.05, 0) is 17.2 Å². The molecule has 0 aromatic heterocycles. The Morgan fingerprint density at radius 1 is 1.06 bits per heavy atom. The van der Waals surface area contributed by atoms with Crippen LogP contribution in [0.3, 0.4) is 0 Å². The van der Waals surface area contributed by atoms with Crippen molar-refractivity contribution in [1.82, 2.24) is 0 Å². The van der Waals surface area contributed by atoms with Crippen LogP contribution in [-0.4, -0.2) is 11.1 Å². The van der Waals surface area contributed by atoms with Crippen molar-refractivity contribution in [2.45, 2.75) is 6.42 Å². The third-order valence-electron chi connectivity index (χ3n) is 2.59. The summed E-state index contributed by atoms with van der Waals surface area (Å²) >= 11 is 0. The number of carboxylic acid groups (broad SMARTS) is 1. The van der Waals surface area contributed by atoms with Crippen LogP contribution in [-0.2, 0) is 11.2 Å². The van der Waals surface area contributed by atoms with Crippen LogP contribution in [0.25, 0.3) is 11.1 Å². The SMILES string of the molecule is Nc1cccc(CC(=O)O)c1-c1ccccc1. The summed E-state index contributed by atoms with van der Waals surface area (Å²) in [7, 11) is 0. The fraction of sp³-hybridized carbons (Fsp3) is 0.0714. The van der Waals surface area contributed by atoms with Gasteiger partial charge in [0, 0.05) is 11.3 Å². The van der Waals surface area contributed by atoms with Gasteiger partial charge in [0.1, 0.15) is 0 Å². The molecule has 0 aliphatic rings. The molecular formula is C14H13NO2. The molecule has 0 aliphatic carbocycles. The maximum Gasteiger partial charge on any atom is 0.307 e. The summed E-state index contributed by atoms with van der Waals surface area (Å²) < 4.78 is 0. The molecule has 0 fully saturated rings. The van der Waals surface area contributed by atoms with Gasteiger partial charge in [0.05, 0.1) is 6.42 Å². The van der Waals surface area contributed by atoms with Gasteiger partial charge in [0.15, 0.2) is 0 Å². The number of benzene rings is 2. The highest BCUT2D eigenvalue weighted by Crippen LogP contribution is 2.29. The predicted molar refractivity (Wildman–Crippen MR) is 67.6 cm³/mol. The predicted octanol–water partition coefficient (Wildman–Crippen LogP) is 2.56. The highest BCUT2D eigenvalue weighted by atomic mass is 16.4. The fourth-order valence-corrected chi connectivity index (χ4v) is 1.89. The van der Waals surface area contributed by atoms with E-state index in [-0.39, 0.29) is 6.42 Å². The zero-order valence-electron chi connectivity index (χ0n) is 9.26. The molecule has 0 amide bonds. The molecule has 3 heteroatoms. The van der Waals surface area contributed by atoms with Crippen molar-refractivity contribution in [3.05, 3.63) is 54.1 Å². The number of nitrogens with two attached hydrogens (primary N) is 1. The number of hydrogen-bond donors (Lipinski definition) is 2. The van der Waals surface area contributed by atoms with Crippen LogP contribution in [0.15, 0.2) is 48.5 Å². The maximum absolute atomic E-state index is 10.8. The maximum atomic E-state index is 10.8. The van der Waals surface area contributed by atoms with Gasteiger partial charge in [-0.3, -0.25) is 4.79 Å². The molecule has 3 nitrogen and oxygen atoms in total. The largest absolute Gasteiger partial charge is 0.481 e. The summed E-state index contributed by atoms with van der Waals surface area (Å²) in [5.74, 6) is -0.854. The number of carbonyl (C=O) groups is 1. The van der Waals surface area contributed by atoms with Gasteiger partial charge in [-0.25, -0.2) is 0 Å². The fourth-order valence-electron chi connectivity index (χ4n) is 1.89. The van der Waals surface area contributed by atoms with Crippen molar-refractivity contribution >= 4 is 11.7 Å². The number of anilines is 1. The van der Waals surface area contributed by atoms with Crippen molar-refractivity contribution in [2.75, 3.05) is 5.73 Å². The van der Waals surface area contributed by atoms with Crippen LogP contribution in [0.1, 0.15) is 5.56 Å². The van der Waals surface area contributed by atoms with Crippen molar-refractivity contribution < 1.29 is 9.90 Å². The lowest BCUT2D eigenvalue weighted by atomic mass is 9.96. The molecule has 0 heterocycles. The molecule has 0 saturated heterocycles. The van der Waals surface area contributed by atoms with Gasteiger partial charge in [0.2, 0.25) is 0 Å². The first-order valence-corrected chi connectivity index (χ1v) is 5.33. The van der Waals surface area contributed by atoms with E-state index in [1.165, 1.54) is 0 Å². The minimum absolute atomic E-state index is 0.0186. The van der Waals surface area contributed by atoms with E-state index in [2.05, 4.69) is 0 Å². The van der Waals surface area contributed by atoms with E-state index in [1.807, 2.05) is 30.3 Å². The van der Waals surface area contributed by atoms with Crippen molar-refractivity contribution in [2.24, 2.45) is 0 Å². The number of carboxylic acids is 1. The summed E-state index contributed by atoms with van der Waals surface area (Å²) in [6.45, 7) is 0. The lowest BCUT2D eigenvalue weighted by molar-refractivity contribution is -0.136. The van der Waals surface area contributed by atoms with E-state index >= 15 is 0 Å². The molecule has 0 bridgehead atoms. The minimum Gasteiger partial charge on any atom is -0.481 e. The van der Waals surface area contributed by atoms with Gasteiger partial charge in [0.25, 0.3) is 0 Å². The summed E-state index contributed by atoms with van der Waals surface area (Å²) in [5, 5.41) is 8.89. The average Bonchev–Trinajstić information content (AvgIpc) is 2.29. The Balaban J connectivity index is 2.55. The van der Waals surface area contributed by atoms with Crippen molar-refractivity contribution in [3.63, 3.8) is 0 Å². The molecule has 0 unspecified atom stereocenters.